The zero-order chi connectivity index (χ0) is 16.7. The van der Waals surface area contributed by atoms with E-state index in [1.54, 1.807) is 12.1 Å². The quantitative estimate of drug-likeness (QED) is 0.798. The summed E-state index contributed by atoms with van der Waals surface area (Å²) in [4.78, 5) is 2.67. The van der Waals surface area contributed by atoms with Gasteiger partial charge in [0.15, 0.2) is 0 Å². The molecular formula is C22H26FN. The number of hydrogen-bond acceptors (Lipinski definition) is 1. The lowest BCUT2D eigenvalue weighted by Gasteiger charge is -2.54. The third-order valence-corrected chi connectivity index (χ3v) is 6.62. The van der Waals surface area contributed by atoms with E-state index in [1.165, 1.54) is 16.7 Å². The molecule has 0 aromatic heterocycles. The van der Waals surface area contributed by atoms with Crippen molar-refractivity contribution in [3.05, 3.63) is 71.0 Å². The standard InChI is InChI=1S/C22H26FN/c1-16-21-14-18-8-9-19(23)15-20(18)22(16,2)11-13-24(21)12-10-17-6-4-3-5-7-17/h3-9,15-16,21H,10-14H2,1-2H3. The first kappa shape index (κ1) is 15.8. The van der Waals surface area contributed by atoms with Gasteiger partial charge in [-0.1, -0.05) is 50.2 Å². The number of halogens is 1. The summed E-state index contributed by atoms with van der Waals surface area (Å²) in [5.74, 6) is 0.475. The Hall–Kier alpha value is -1.67. The average Bonchev–Trinajstić information content (AvgIpc) is 2.59. The summed E-state index contributed by atoms with van der Waals surface area (Å²) in [5.41, 5.74) is 4.14. The highest BCUT2D eigenvalue weighted by atomic mass is 19.1. The van der Waals surface area contributed by atoms with Crippen molar-refractivity contribution < 1.29 is 4.39 Å². The van der Waals surface area contributed by atoms with Crippen molar-refractivity contribution in [3.63, 3.8) is 0 Å². The number of likely N-dealkylation sites (tertiary alicyclic amines) is 1. The summed E-state index contributed by atoms with van der Waals surface area (Å²) in [6.45, 7) is 6.95. The highest BCUT2D eigenvalue weighted by Gasteiger charge is 2.48. The van der Waals surface area contributed by atoms with Gasteiger partial charge in [0.2, 0.25) is 0 Å². The first-order valence-electron chi connectivity index (χ1n) is 9.15. The van der Waals surface area contributed by atoms with Crippen LogP contribution in [0.2, 0.25) is 0 Å². The van der Waals surface area contributed by atoms with Crippen molar-refractivity contribution in [2.24, 2.45) is 5.92 Å². The van der Waals surface area contributed by atoms with Crippen LogP contribution in [0, 0.1) is 11.7 Å². The zero-order valence-corrected chi connectivity index (χ0v) is 14.6. The van der Waals surface area contributed by atoms with Crippen LogP contribution in [-0.4, -0.2) is 24.0 Å². The van der Waals surface area contributed by atoms with Crippen LogP contribution in [0.3, 0.4) is 0 Å². The molecule has 1 aliphatic heterocycles. The molecule has 3 unspecified atom stereocenters. The smallest absolute Gasteiger partial charge is 0.123 e. The summed E-state index contributed by atoms with van der Waals surface area (Å²) >= 11 is 0. The first-order chi connectivity index (χ1) is 11.6. The van der Waals surface area contributed by atoms with Crippen LogP contribution in [0.15, 0.2) is 48.5 Å². The average molecular weight is 323 g/mol. The van der Waals surface area contributed by atoms with Crippen molar-refractivity contribution in [3.8, 4) is 0 Å². The van der Waals surface area contributed by atoms with E-state index in [0.717, 1.165) is 32.4 Å². The largest absolute Gasteiger partial charge is 0.299 e. The Morgan fingerprint density at radius 1 is 1.17 bits per heavy atom. The Balaban J connectivity index is 1.57. The Morgan fingerprint density at radius 3 is 2.75 bits per heavy atom. The Bertz CT molecular complexity index is 726. The summed E-state index contributed by atoms with van der Waals surface area (Å²) in [6.07, 6.45) is 3.29. The lowest BCUT2D eigenvalue weighted by Crippen LogP contribution is -2.58. The van der Waals surface area contributed by atoms with Crippen molar-refractivity contribution in [1.82, 2.24) is 4.90 Å². The summed E-state index contributed by atoms with van der Waals surface area (Å²) in [7, 11) is 0. The van der Waals surface area contributed by atoms with E-state index in [1.807, 2.05) is 6.07 Å². The van der Waals surface area contributed by atoms with Gasteiger partial charge in [-0.15, -0.1) is 0 Å². The molecule has 1 saturated heterocycles. The third-order valence-electron chi connectivity index (χ3n) is 6.62. The van der Waals surface area contributed by atoms with E-state index >= 15 is 0 Å². The van der Waals surface area contributed by atoms with Crippen molar-refractivity contribution in [2.75, 3.05) is 13.1 Å². The fraction of sp³-hybridized carbons (Fsp3) is 0.455. The monoisotopic (exact) mass is 323 g/mol. The van der Waals surface area contributed by atoms with E-state index in [9.17, 15) is 4.39 Å². The van der Waals surface area contributed by atoms with Crippen LogP contribution in [0.4, 0.5) is 4.39 Å². The number of piperidine rings is 1. The molecule has 1 heterocycles. The molecule has 1 fully saturated rings. The van der Waals surface area contributed by atoms with Crippen LogP contribution in [-0.2, 0) is 18.3 Å². The highest BCUT2D eigenvalue weighted by Crippen LogP contribution is 2.48. The lowest BCUT2D eigenvalue weighted by molar-refractivity contribution is 0.0321. The van der Waals surface area contributed by atoms with Gasteiger partial charge in [0.1, 0.15) is 5.82 Å². The number of rotatable bonds is 3. The molecule has 2 bridgehead atoms. The number of fused-ring (bicyclic) bond motifs is 4. The molecule has 0 amide bonds. The maximum atomic E-state index is 13.8. The molecule has 0 N–H and O–H groups in total. The van der Waals surface area contributed by atoms with E-state index in [0.29, 0.717) is 12.0 Å². The minimum absolute atomic E-state index is 0.0906. The van der Waals surface area contributed by atoms with Gasteiger partial charge in [0.05, 0.1) is 0 Å². The third kappa shape index (κ3) is 2.57. The van der Waals surface area contributed by atoms with Gasteiger partial charge in [0.25, 0.3) is 0 Å². The van der Waals surface area contributed by atoms with Crippen molar-refractivity contribution in [2.45, 2.75) is 44.6 Å². The molecule has 24 heavy (non-hydrogen) atoms. The van der Waals surface area contributed by atoms with Crippen LogP contribution >= 0.6 is 0 Å². The normalized spacial score (nSPS) is 29.3. The van der Waals surface area contributed by atoms with Crippen LogP contribution in [0.25, 0.3) is 0 Å². The predicted molar refractivity (Wildman–Crippen MR) is 96.7 cm³/mol. The SMILES string of the molecule is CC1C2Cc3ccc(F)cc3C1(C)CCN2CCc1ccccc1. The van der Waals surface area contributed by atoms with E-state index in [4.69, 9.17) is 0 Å². The van der Waals surface area contributed by atoms with Crippen LogP contribution < -0.4 is 0 Å². The number of nitrogens with zero attached hydrogens (tertiary/aromatic N) is 1. The Kier molecular flexibility index (Phi) is 3.96. The van der Waals surface area contributed by atoms with Gasteiger partial charge in [-0.25, -0.2) is 4.39 Å². The van der Waals surface area contributed by atoms with E-state index in [-0.39, 0.29) is 11.2 Å². The van der Waals surface area contributed by atoms with Crippen molar-refractivity contribution >= 4 is 0 Å². The molecule has 0 saturated carbocycles. The van der Waals surface area contributed by atoms with Crippen molar-refractivity contribution in [1.29, 1.82) is 0 Å². The Labute approximate surface area is 144 Å². The first-order valence-corrected chi connectivity index (χ1v) is 9.15. The summed E-state index contributed by atoms with van der Waals surface area (Å²) in [5, 5.41) is 0. The molecule has 1 nitrogen and oxygen atoms in total. The number of benzene rings is 2. The molecule has 3 atom stereocenters. The summed E-state index contributed by atoms with van der Waals surface area (Å²) < 4.78 is 13.8. The maximum absolute atomic E-state index is 13.8. The minimum Gasteiger partial charge on any atom is -0.299 e. The zero-order valence-electron chi connectivity index (χ0n) is 14.6. The topological polar surface area (TPSA) is 3.24 Å². The van der Waals surface area contributed by atoms with Gasteiger partial charge in [-0.3, -0.25) is 4.90 Å². The van der Waals surface area contributed by atoms with E-state index in [2.05, 4.69) is 49.1 Å². The van der Waals surface area contributed by atoms with Crippen LogP contribution in [0.1, 0.15) is 37.0 Å². The molecule has 2 aliphatic rings. The highest BCUT2D eigenvalue weighted by molar-refractivity contribution is 5.40. The summed E-state index contributed by atoms with van der Waals surface area (Å²) in [6, 6.07) is 16.8. The molecule has 0 radical (unpaired) electrons. The van der Waals surface area contributed by atoms with Crippen LogP contribution in [0.5, 0.6) is 0 Å². The molecule has 4 rings (SSSR count). The molecule has 2 heteroatoms. The van der Waals surface area contributed by atoms with Gasteiger partial charge in [-0.05, 0) is 66.0 Å². The molecule has 126 valence electrons. The fourth-order valence-electron chi connectivity index (χ4n) is 4.87. The second-order valence-electron chi connectivity index (χ2n) is 7.80. The minimum atomic E-state index is -0.0906. The molecule has 0 spiro atoms. The van der Waals surface area contributed by atoms with Gasteiger partial charge in [-0.2, -0.15) is 0 Å². The molecule has 1 aliphatic carbocycles. The van der Waals surface area contributed by atoms with Gasteiger partial charge in [0, 0.05) is 12.6 Å². The second kappa shape index (κ2) is 6.00. The Morgan fingerprint density at radius 2 is 1.96 bits per heavy atom. The fourth-order valence-corrected chi connectivity index (χ4v) is 4.87. The molecular weight excluding hydrogens is 297 g/mol. The maximum Gasteiger partial charge on any atom is 0.123 e. The second-order valence-corrected chi connectivity index (χ2v) is 7.80. The predicted octanol–water partition coefficient (Wildman–Crippen LogP) is 4.59. The molecule has 2 aromatic carbocycles. The van der Waals surface area contributed by atoms with Gasteiger partial charge >= 0.3 is 0 Å². The van der Waals surface area contributed by atoms with E-state index < -0.39 is 0 Å². The lowest BCUT2D eigenvalue weighted by atomic mass is 9.59. The van der Waals surface area contributed by atoms with Gasteiger partial charge < -0.3 is 0 Å². The molecule has 2 aromatic rings. The number of hydrogen-bond donors (Lipinski definition) is 0.